The molecule has 6 heterocycles. The van der Waals surface area contributed by atoms with Crippen molar-refractivity contribution in [3.05, 3.63) is 0 Å². The molecule has 0 aromatic rings. The van der Waals surface area contributed by atoms with Crippen molar-refractivity contribution < 1.29 is 57.5 Å². The standard InChI is InChI=1S/2C18H27NO2.2C17H25NO2.C15H23NO2.C14H21NO2/c1-4-17(2,3)16(21)19-15(20)10-18(19)13-6-11-5-12(8-13)9-14(18)7-11;1-4-17(2,3)16(21)19-15(20)10-18(19)9-11-8-14(18)13-7-5-6-12(11)13;1-3-10(2)16(20)18-15(19)9-17(18)13-5-11-4-12(7-13)8-14(17)6-11;1-3-10(2)16(20)18-15(19)9-17(18)8-11-7-14(17)13-6-4-5-12(11)13;1-4-14(2,3)13(18)16-12(17)9-15(16)8-10-5-6-11(15)7-10;1-3-9(2)13(17)15-12(16)8-14(15)7-10-4-5-11(14)6-10/h2*11-14H,4-10H2,1-3H3;2*10-14H,3-9H2,1-2H3;10-11H,4-9H2,1-3H3;9-11H,3-8H2,1-2H3. The van der Waals surface area contributed by atoms with Gasteiger partial charge in [0.1, 0.15) is 0 Å². The van der Waals surface area contributed by atoms with E-state index in [1.54, 1.807) is 29.4 Å². The molecule has 6 spiro atoms. The van der Waals surface area contributed by atoms with E-state index in [2.05, 4.69) is 0 Å². The van der Waals surface area contributed by atoms with Gasteiger partial charge in [-0.2, -0.15) is 0 Å². The third kappa shape index (κ3) is 12.5. The normalized spacial score (nSPS) is 43.7. The van der Waals surface area contributed by atoms with Crippen LogP contribution in [0.4, 0.5) is 0 Å². The maximum Gasteiger partial charge on any atom is 0.235 e. The Bertz CT molecular complexity index is 4000. The Morgan fingerprint density at radius 1 is 0.308 bits per heavy atom. The van der Waals surface area contributed by atoms with E-state index in [1.165, 1.54) is 154 Å². The van der Waals surface area contributed by atoms with E-state index in [0.29, 0.717) is 85.9 Å². The molecule has 19 unspecified atom stereocenters. The minimum atomic E-state index is -0.405. The predicted octanol–water partition coefficient (Wildman–Crippen LogP) is 17.8. The predicted molar refractivity (Wildman–Crippen MR) is 445 cm³/mol. The fourth-order valence-electron chi connectivity index (χ4n) is 32.4. The minimum absolute atomic E-state index is 0.00440. The third-order valence-electron chi connectivity index (χ3n) is 39.8. The first kappa shape index (κ1) is 84.1. The summed E-state index contributed by atoms with van der Waals surface area (Å²) in [5.74, 6) is 16.0. The highest BCUT2D eigenvalue weighted by atomic mass is 16.2. The van der Waals surface area contributed by atoms with Crippen LogP contribution in [-0.4, -0.2) is 134 Å². The summed E-state index contributed by atoms with van der Waals surface area (Å²) in [4.78, 5) is 159. The van der Waals surface area contributed by atoms with E-state index in [1.807, 2.05) is 104 Å². The number of hydrogen-bond donors (Lipinski definition) is 0. The second kappa shape index (κ2) is 29.8. The zero-order valence-electron chi connectivity index (χ0n) is 74.6. The molecule has 24 rings (SSSR count). The van der Waals surface area contributed by atoms with Gasteiger partial charge in [-0.15, -0.1) is 0 Å². The fraction of sp³-hybridized carbons (Fsp3) is 0.879. The molecule has 646 valence electrons. The van der Waals surface area contributed by atoms with Gasteiger partial charge in [0, 0.05) is 34.0 Å². The highest BCUT2D eigenvalue weighted by Crippen LogP contribution is 2.71. The molecule has 12 amide bonds. The zero-order valence-corrected chi connectivity index (χ0v) is 74.6. The number of amides is 12. The lowest BCUT2D eigenvalue weighted by atomic mass is 9.45. The summed E-state index contributed by atoms with van der Waals surface area (Å²) in [6.07, 6.45) is 44.4. The number of hydrogen-bond acceptors (Lipinski definition) is 12. The van der Waals surface area contributed by atoms with Gasteiger partial charge in [0.05, 0.1) is 71.8 Å². The van der Waals surface area contributed by atoms with Crippen LogP contribution in [0, 0.1) is 152 Å². The van der Waals surface area contributed by atoms with Gasteiger partial charge in [-0.25, -0.2) is 0 Å². The molecule has 6 saturated heterocycles. The molecule has 24 aliphatic rings. The van der Waals surface area contributed by atoms with Crippen LogP contribution in [0.5, 0.6) is 0 Å². The maximum absolute atomic E-state index is 13.0. The second-order valence-corrected chi connectivity index (χ2v) is 46.3. The summed E-state index contributed by atoms with van der Waals surface area (Å²) in [6, 6.07) is 0. The number of carbonyl (C=O) groups excluding carboxylic acids is 12. The van der Waals surface area contributed by atoms with Crippen molar-refractivity contribution in [1.29, 1.82) is 0 Å². The Kier molecular flexibility index (Phi) is 21.4. The molecule has 6 aliphatic heterocycles. The van der Waals surface area contributed by atoms with Gasteiger partial charge in [-0.1, -0.05) is 117 Å². The third-order valence-corrected chi connectivity index (χ3v) is 39.8. The highest BCUT2D eigenvalue weighted by Gasteiger charge is 2.75. The fourth-order valence-corrected chi connectivity index (χ4v) is 32.4. The lowest BCUT2D eigenvalue weighted by Gasteiger charge is -2.68. The Balaban J connectivity index is 0.000000101. The van der Waals surface area contributed by atoms with Gasteiger partial charge in [0.15, 0.2) is 0 Å². The first-order chi connectivity index (χ1) is 55.4. The zero-order chi connectivity index (χ0) is 83.5. The molecule has 117 heavy (non-hydrogen) atoms. The smallest absolute Gasteiger partial charge is 0.235 e. The van der Waals surface area contributed by atoms with Crippen molar-refractivity contribution in [2.45, 2.75) is 394 Å². The number of nitrogens with zero attached hydrogens (tertiary/aromatic N) is 6. The van der Waals surface area contributed by atoms with Crippen LogP contribution in [0.25, 0.3) is 0 Å². The molecule has 16 bridgehead atoms. The van der Waals surface area contributed by atoms with Crippen LogP contribution < -0.4 is 0 Å². The monoisotopic (exact) mass is 1610 g/mol. The topological polar surface area (TPSA) is 224 Å². The molecular formula is C99H148N6O12. The van der Waals surface area contributed by atoms with Gasteiger partial charge >= 0.3 is 0 Å². The van der Waals surface area contributed by atoms with Crippen LogP contribution >= 0.6 is 0 Å². The largest absolute Gasteiger partial charge is 0.275 e. The van der Waals surface area contributed by atoms with Gasteiger partial charge in [-0.3, -0.25) is 86.9 Å². The van der Waals surface area contributed by atoms with E-state index < -0.39 is 16.2 Å². The Morgan fingerprint density at radius 3 is 0.906 bits per heavy atom. The summed E-state index contributed by atoms with van der Waals surface area (Å²) in [7, 11) is 0. The minimum Gasteiger partial charge on any atom is -0.275 e. The highest BCUT2D eigenvalue weighted by molar-refractivity contribution is 6.07. The molecular weight excluding hydrogens is 1470 g/mol. The molecule has 18 nitrogen and oxygen atoms in total. The van der Waals surface area contributed by atoms with Crippen molar-refractivity contribution in [1.82, 2.24) is 29.4 Å². The lowest BCUT2D eigenvalue weighted by molar-refractivity contribution is -0.208. The van der Waals surface area contributed by atoms with Crippen molar-refractivity contribution in [3.8, 4) is 0 Å². The molecule has 24 fully saturated rings. The number of carbonyl (C=O) groups is 12. The SMILES string of the molecule is CCC(C)(C)C(=O)N1C(=O)CC12C1CC3CC(C1)CC2C3.CCC(C)(C)C(=O)N1C(=O)CC12CC1CC2C2CCCC12.CCC(C)(C)C(=O)N1C(=O)CC12CC1CCC2C1.CCC(C)C(=O)N1C(=O)CC12C1CC3CC(C1)CC2C3.CCC(C)C(=O)N1C(=O)CC12CC1CC2C2CCCC12.CCC(C)C(=O)N1C(=O)CC12CC1CCC2C1. The molecule has 0 aromatic carbocycles. The first-order valence-electron chi connectivity index (χ1n) is 48.6. The molecule has 19 atom stereocenters. The molecule has 18 aliphatic carbocycles. The van der Waals surface area contributed by atoms with Crippen molar-refractivity contribution in [2.75, 3.05) is 0 Å². The number of imide groups is 6. The quantitative estimate of drug-likeness (QED) is 0.166. The summed E-state index contributed by atoms with van der Waals surface area (Å²) in [6.45, 7) is 30.0. The molecule has 18 heteroatoms. The van der Waals surface area contributed by atoms with E-state index in [0.717, 1.165) is 135 Å². The van der Waals surface area contributed by atoms with Gasteiger partial charge < -0.3 is 0 Å². The van der Waals surface area contributed by atoms with E-state index in [-0.39, 0.29) is 122 Å². The van der Waals surface area contributed by atoms with Crippen LogP contribution in [-0.2, 0) is 57.5 Å². The summed E-state index contributed by atoms with van der Waals surface area (Å²) in [5.41, 5.74) is -1.56. The van der Waals surface area contributed by atoms with Gasteiger partial charge in [0.25, 0.3) is 0 Å². The summed E-state index contributed by atoms with van der Waals surface area (Å²) >= 11 is 0. The number of rotatable bonds is 12. The average molecular weight is 1610 g/mol. The van der Waals surface area contributed by atoms with Gasteiger partial charge in [-0.05, 0) is 324 Å². The van der Waals surface area contributed by atoms with Crippen molar-refractivity contribution in [3.63, 3.8) is 0 Å². The van der Waals surface area contributed by atoms with E-state index in [4.69, 9.17) is 0 Å². The van der Waals surface area contributed by atoms with E-state index >= 15 is 0 Å². The molecule has 18 saturated carbocycles. The number of fused-ring (bicyclic) bond motifs is 18. The molecule has 0 aromatic heterocycles. The number of β-lactam (4-membered cyclic amide) rings is 6. The second-order valence-electron chi connectivity index (χ2n) is 46.3. The summed E-state index contributed by atoms with van der Waals surface area (Å²) < 4.78 is 0. The Labute approximate surface area is 700 Å². The molecule has 0 radical (unpaired) electrons. The van der Waals surface area contributed by atoms with Crippen LogP contribution in [0.15, 0.2) is 0 Å². The Hall–Kier alpha value is -5.16. The Morgan fingerprint density at radius 2 is 0.590 bits per heavy atom. The van der Waals surface area contributed by atoms with Crippen LogP contribution in [0.3, 0.4) is 0 Å². The molecule has 0 N–H and O–H groups in total. The van der Waals surface area contributed by atoms with Crippen molar-refractivity contribution >= 4 is 70.9 Å². The maximum atomic E-state index is 13.0. The number of likely N-dealkylation sites (tertiary alicyclic amines) is 6. The average Bonchev–Trinajstić information content (AvgIpc) is 1.56. The lowest BCUT2D eigenvalue weighted by Crippen LogP contribution is -2.77. The van der Waals surface area contributed by atoms with Crippen LogP contribution in [0.2, 0.25) is 0 Å². The van der Waals surface area contributed by atoms with E-state index in [9.17, 15) is 57.5 Å². The van der Waals surface area contributed by atoms with Gasteiger partial charge in [0.2, 0.25) is 70.9 Å². The van der Waals surface area contributed by atoms with Crippen LogP contribution in [0.1, 0.15) is 361 Å². The first-order valence-corrected chi connectivity index (χ1v) is 48.6. The summed E-state index contributed by atoms with van der Waals surface area (Å²) in [5, 5.41) is 0. The van der Waals surface area contributed by atoms with Crippen molar-refractivity contribution in [2.24, 2.45) is 152 Å².